The van der Waals surface area contributed by atoms with Gasteiger partial charge in [-0.25, -0.2) is 9.78 Å². The van der Waals surface area contributed by atoms with Gasteiger partial charge in [0.1, 0.15) is 0 Å². The molecule has 0 saturated heterocycles. The molecule has 3 rings (SSSR count). The standard InChI is InChI=1S/C14H8INO2/c15-10-5-6-12-9(13(10)14(17)18)7-8-3-1-2-4-11(8)16-12/h1-7H,(H,17,18). The monoisotopic (exact) mass is 349 g/mol. The fourth-order valence-electron chi connectivity index (χ4n) is 2.04. The average Bonchev–Trinajstić information content (AvgIpc) is 2.36. The number of carboxylic acid groups (broad SMARTS) is 1. The van der Waals surface area contributed by atoms with E-state index < -0.39 is 5.97 Å². The second-order valence-corrected chi connectivity index (χ2v) is 5.14. The minimum absolute atomic E-state index is 0.325. The predicted octanol–water partition coefficient (Wildman–Crippen LogP) is 3.69. The summed E-state index contributed by atoms with van der Waals surface area (Å²) >= 11 is 2.04. The molecule has 0 aliphatic rings. The highest BCUT2D eigenvalue weighted by Gasteiger charge is 2.14. The lowest BCUT2D eigenvalue weighted by Gasteiger charge is -2.06. The van der Waals surface area contributed by atoms with E-state index in [0.29, 0.717) is 16.5 Å². The first-order valence-corrected chi connectivity index (χ1v) is 6.46. The summed E-state index contributed by atoms with van der Waals surface area (Å²) in [4.78, 5) is 15.8. The van der Waals surface area contributed by atoms with Gasteiger partial charge >= 0.3 is 5.97 Å². The molecule has 1 heterocycles. The van der Waals surface area contributed by atoms with Gasteiger partial charge in [-0.3, -0.25) is 0 Å². The van der Waals surface area contributed by atoms with E-state index in [1.807, 2.05) is 59.0 Å². The highest BCUT2D eigenvalue weighted by Crippen LogP contribution is 2.26. The summed E-state index contributed by atoms with van der Waals surface area (Å²) in [6.07, 6.45) is 0. The third-order valence-electron chi connectivity index (χ3n) is 2.86. The molecule has 4 heteroatoms. The zero-order valence-corrected chi connectivity index (χ0v) is 11.4. The second-order valence-electron chi connectivity index (χ2n) is 3.98. The molecule has 0 unspecified atom stereocenters. The number of hydrogen-bond donors (Lipinski definition) is 1. The number of para-hydroxylation sites is 1. The van der Waals surface area contributed by atoms with E-state index >= 15 is 0 Å². The molecule has 0 saturated carbocycles. The highest BCUT2D eigenvalue weighted by molar-refractivity contribution is 14.1. The van der Waals surface area contributed by atoms with Crippen LogP contribution in [0.5, 0.6) is 0 Å². The molecule has 88 valence electrons. The number of fused-ring (bicyclic) bond motifs is 2. The van der Waals surface area contributed by atoms with Crippen LogP contribution in [0.2, 0.25) is 0 Å². The minimum atomic E-state index is -0.915. The van der Waals surface area contributed by atoms with E-state index in [-0.39, 0.29) is 0 Å². The van der Waals surface area contributed by atoms with E-state index in [9.17, 15) is 9.90 Å². The number of aromatic nitrogens is 1. The fourth-order valence-corrected chi connectivity index (χ4v) is 2.74. The zero-order valence-electron chi connectivity index (χ0n) is 9.22. The number of rotatable bonds is 1. The van der Waals surface area contributed by atoms with Gasteiger partial charge in [0.2, 0.25) is 0 Å². The number of nitrogens with zero attached hydrogens (tertiary/aromatic N) is 1. The van der Waals surface area contributed by atoms with Gasteiger partial charge in [0.05, 0.1) is 16.6 Å². The average molecular weight is 349 g/mol. The molecule has 0 aliphatic carbocycles. The molecule has 0 aliphatic heterocycles. The number of pyridine rings is 1. The lowest BCUT2D eigenvalue weighted by atomic mass is 10.1. The topological polar surface area (TPSA) is 50.2 Å². The normalized spacial score (nSPS) is 10.9. The summed E-state index contributed by atoms with van der Waals surface area (Å²) in [6, 6.07) is 13.2. The van der Waals surface area contributed by atoms with Crippen LogP contribution in [0.1, 0.15) is 10.4 Å². The van der Waals surface area contributed by atoms with Crippen LogP contribution < -0.4 is 0 Å². The molecule has 18 heavy (non-hydrogen) atoms. The van der Waals surface area contributed by atoms with Gasteiger partial charge in [0.15, 0.2) is 0 Å². The van der Waals surface area contributed by atoms with Crippen LogP contribution in [0.4, 0.5) is 0 Å². The van der Waals surface area contributed by atoms with Crippen LogP contribution in [0.25, 0.3) is 21.8 Å². The maximum Gasteiger partial charge on any atom is 0.337 e. The highest BCUT2D eigenvalue weighted by atomic mass is 127. The summed E-state index contributed by atoms with van der Waals surface area (Å²) in [6.45, 7) is 0. The van der Waals surface area contributed by atoms with Crippen LogP contribution in [0.3, 0.4) is 0 Å². The molecule has 0 amide bonds. The number of hydrogen-bond acceptors (Lipinski definition) is 2. The smallest absolute Gasteiger partial charge is 0.337 e. The fraction of sp³-hybridized carbons (Fsp3) is 0. The SMILES string of the molecule is O=C(O)c1c(I)ccc2nc3ccccc3cc12. The van der Waals surface area contributed by atoms with Crippen molar-refractivity contribution in [3.63, 3.8) is 0 Å². The Kier molecular flexibility index (Phi) is 2.66. The van der Waals surface area contributed by atoms with Crippen molar-refractivity contribution in [2.24, 2.45) is 0 Å². The summed E-state index contributed by atoms with van der Waals surface area (Å²) in [5.41, 5.74) is 1.92. The van der Waals surface area contributed by atoms with Gasteiger partial charge in [-0.2, -0.15) is 0 Å². The summed E-state index contributed by atoms with van der Waals surface area (Å²) in [7, 11) is 0. The van der Waals surface area contributed by atoms with E-state index in [4.69, 9.17) is 0 Å². The molecule has 0 radical (unpaired) electrons. The first-order valence-electron chi connectivity index (χ1n) is 5.38. The van der Waals surface area contributed by atoms with E-state index in [1.165, 1.54) is 0 Å². The van der Waals surface area contributed by atoms with Crippen LogP contribution in [0.15, 0.2) is 42.5 Å². The van der Waals surface area contributed by atoms with Crippen LogP contribution in [0, 0.1) is 3.57 Å². The number of benzene rings is 2. The number of aromatic carboxylic acids is 1. The zero-order chi connectivity index (χ0) is 12.7. The predicted molar refractivity (Wildman–Crippen MR) is 78.9 cm³/mol. The number of carbonyl (C=O) groups is 1. The first kappa shape index (κ1) is 11.4. The van der Waals surface area contributed by atoms with Gasteiger partial charge in [0.25, 0.3) is 0 Å². The molecule has 2 aromatic carbocycles. The molecule has 0 spiro atoms. The van der Waals surface area contributed by atoms with Gasteiger partial charge < -0.3 is 5.11 Å². The molecule has 1 aromatic heterocycles. The Labute approximate surface area is 117 Å². The van der Waals surface area contributed by atoms with Crippen molar-refractivity contribution in [2.75, 3.05) is 0 Å². The van der Waals surface area contributed by atoms with Gasteiger partial charge in [0, 0.05) is 14.3 Å². The van der Waals surface area contributed by atoms with Crippen LogP contribution >= 0.6 is 22.6 Å². The molecule has 3 nitrogen and oxygen atoms in total. The van der Waals surface area contributed by atoms with Gasteiger partial charge in [-0.1, -0.05) is 18.2 Å². The Balaban J connectivity index is 2.50. The maximum absolute atomic E-state index is 11.3. The summed E-state index contributed by atoms with van der Waals surface area (Å²) in [5.74, 6) is -0.915. The van der Waals surface area contributed by atoms with Crippen molar-refractivity contribution in [1.29, 1.82) is 0 Å². The maximum atomic E-state index is 11.3. The van der Waals surface area contributed by atoms with Crippen LogP contribution in [-0.4, -0.2) is 16.1 Å². The molecule has 1 N–H and O–H groups in total. The lowest BCUT2D eigenvalue weighted by molar-refractivity contribution is 0.0698. The van der Waals surface area contributed by atoms with E-state index in [0.717, 1.165) is 14.5 Å². The Morgan fingerprint density at radius 2 is 1.89 bits per heavy atom. The van der Waals surface area contributed by atoms with E-state index in [1.54, 1.807) is 6.07 Å². The van der Waals surface area contributed by atoms with Crippen molar-refractivity contribution < 1.29 is 9.90 Å². The van der Waals surface area contributed by atoms with Gasteiger partial charge in [-0.05, 0) is 46.9 Å². The molecular formula is C14H8INO2. The Bertz CT molecular complexity index is 783. The van der Waals surface area contributed by atoms with Crippen molar-refractivity contribution in [3.8, 4) is 0 Å². The third kappa shape index (κ3) is 1.73. The summed E-state index contributed by atoms with van der Waals surface area (Å²) < 4.78 is 0.727. The molecule has 3 aromatic rings. The lowest BCUT2D eigenvalue weighted by Crippen LogP contribution is -2.01. The number of carboxylic acids is 1. The number of halogens is 1. The Morgan fingerprint density at radius 3 is 2.67 bits per heavy atom. The minimum Gasteiger partial charge on any atom is -0.478 e. The van der Waals surface area contributed by atoms with Crippen LogP contribution in [-0.2, 0) is 0 Å². The van der Waals surface area contributed by atoms with Gasteiger partial charge in [-0.15, -0.1) is 0 Å². The first-order chi connectivity index (χ1) is 8.66. The third-order valence-corrected chi connectivity index (χ3v) is 3.76. The second kappa shape index (κ2) is 4.20. The Hall–Kier alpha value is -1.69. The van der Waals surface area contributed by atoms with Crippen molar-refractivity contribution in [2.45, 2.75) is 0 Å². The molecule has 0 fully saturated rings. The molecule has 0 atom stereocenters. The Morgan fingerprint density at radius 1 is 1.11 bits per heavy atom. The van der Waals surface area contributed by atoms with E-state index in [2.05, 4.69) is 4.98 Å². The molecule has 0 bridgehead atoms. The summed E-state index contributed by atoms with van der Waals surface area (Å²) in [5, 5.41) is 10.9. The molecular weight excluding hydrogens is 341 g/mol. The van der Waals surface area contributed by atoms with Crippen molar-refractivity contribution in [3.05, 3.63) is 51.6 Å². The largest absolute Gasteiger partial charge is 0.478 e. The van der Waals surface area contributed by atoms with Crippen molar-refractivity contribution in [1.82, 2.24) is 4.98 Å². The van der Waals surface area contributed by atoms with Crippen molar-refractivity contribution >= 4 is 50.4 Å². The quantitative estimate of drug-likeness (QED) is 0.539.